The fourth-order valence-corrected chi connectivity index (χ4v) is 4.44. The number of halogens is 3. The van der Waals surface area contributed by atoms with Gasteiger partial charge in [0.15, 0.2) is 0 Å². The first-order chi connectivity index (χ1) is 15.0. The number of anilines is 1. The zero-order valence-corrected chi connectivity index (χ0v) is 18.2. The van der Waals surface area contributed by atoms with Crippen LogP contribution in [0.3, 0.4) is 0 Å². The van der Waals surface area contributed by atoms with Gasteiger partial charge in [-0.3, -0.25) is 0 Å². The van der Waals surface area contributed by atoms with Crippen molar-refractivity contribution in [2.75, 3.05) is 5.32 Å². The zero-order chi connectivity index (χ0) is 23.1. The van der Waals surface area contributed by atoms with Crippen LogP contribution in [0.15, 0.2) is 12.4 Å². The van der Waals surface area contributed by atoms with Gasteiger partial charge in [0.05, 0.1) is 29.0 Å². The van der Waals surface area contributed by atoms with Crippen molar-refractivity contribution >= 4 is 16.9 Å². The molecule has 32 heavy (non-hydrogen) atoms. The second-order valence-electron chi connectivity index (χ2n) is 9.48. The Bertz CT molecular complexity index is 953. The molecule has 0 spiro atoms. The van der Waals surface area contributed by atoms with Crippen molar-refractivity contribution in [2.24, 2.45) is 0 Å². The molecule has 2 aliphatic rings. The van der Waals surface area contributed by atoms with E-state index in [9.17, 15) is 23.4 Å². The Morgan fingerprint density at radius 3 is 2.53 bits per heavy atom. The van der Waals surface area contributed by atoms with Crippen LogP contribution in [0.1, 0.15) is 70.3 Å². The van der Waals surface area contributed by atoms with Crippen LogP contribution >= 0.6 is 0 Å². The van der Waals surface area contributed by atoms with Gasteiger partial charge < -0.3 is 20.3 Å². The van der Waals surface area contributed by atoms with Crippen LogP contribution in [0.4, 0.5) is 19.1 Å². The Hall–Kier alpha value is -2.20. The number of nitrogens with one attached hydrogen (secondary N) is 1. The maximum Gasteiger partial charge on any atom is 0.391 e. The van der Waals surface area contributed by atoms with Crippen molar-refractivity contribution in [1.29, 1.82) is 0 Å². The van der Waals surface area contributed by atoms with E-state index in [0.717, 1.165) is 18.4 Å². The summed E-state index contributed by atoms with van der Waals surface area (Å²) < 4.78 is 44.1. The molecule has 2 heterocycles. The average molecular weight is 454 g/mol. The Morgan fingerprint density at radius 2 is 1.91 bits per heavy atom. The second-order valence-corrected chi connectivity index (χ2v) is 9.48. The van der Waals surface area contributed by atoms with Gasteiger partial charge in [-0.25, -0.2) is 15.0 Å². The monoisotopic (exact) mass is 454 g/mol. The minimum absolute atomic E-state index is 0.120. The molecule has 2 saturated carbocycles. The number of aromatic nitrogens is 3. The number of aliphatic hydroxyl groups is 2. The third kappa shape index (κ3) is 5.40. The SMILES string of the molecule is C[C@@H](CC(F)(F)F)Nc1ncc2c(O[C@H]3C[C@@H](O)C3)ncc([C@H]3CC[C@](C)(O)CC3)c2n1. The first-order valence-corrected chi connectivity index (χ1v) is 11.0. The lowest BCUT2D eigenvalue weighted by Crippen LogP contribution is -2.37. The molecule has 0 radical (unpaired) electrons. The normalized spacial score (nSPS) is 29.4. The van der Waals surface area contributed by atoms with Gasteiger partial charge in [0.2, 0.25) is 11.8 Å². The summed E-state index contributed by atoms with van der Waals surface area (Å²) in [5, 5.41) is 23.2. The standard InChI is InChI=1S/C22H29F3N4O3/c1-12(9-22(23,24)25)28-20-27-11-17-18(29-20)16(13-3-5-21(2,31)6-4-13)10-26-19(17)32-15-7-14(30)8-15/h10-15,30-31H,3-9H2,1-2H3,(H,27,28,29)/t12-,13-,14-,15+,21-/m0/s1. The van der Waals surface area contributed by atoms with E-state index in [1.54, 1.807) is 6.20 Å². The van der Waals surface area contributed by atoms with Crippen LogP contribution in [0, 0.1) is 0 Å². The van der Waals surface area contributed by atoms with E-state index < -0.39 is 24.2 Å². The van der Waals surface area contributed by atoms with E-state index in [1.807, 2.05) is 6.92 Å². The van der Waals surface area contributed by atoms with Gasteiger partial charge >= 0.3 is 6.18 Å². The van der Waals surface area contributed by atoms with Gasteiger partial charge in [-0.2, -0.15) is 13.2 Å². The molecule has 4 rings (SSSR count). The molecule has 0 aromatic carbocycles. The van der Waals surface area contributed by atoms with Crippen molar-refractivity contribution in [3.8, 4) is 5.88 Å². The first kappa shape index (κ1) is 23.0. The minimum atomic E-state index is -4.29. The lowest BCUT2D eigenvalue weighted by molar-refractivity contribution is -0.136. The highest BCUT2D eigenvalue weighted by molar-refractivity contribution is 5.86. The number of hydrogen-bond donors (Lipinski definition) is 3. The van der Waals surface area contributed by atoms with E-state index in [0.29, 0.717) is 42.5 Å². The summed E-state index contributed by atoms with van der Waals surface area (Å²) in [6, 6.07) is -0.880. The minimum Gasteiger partial charge on any atom is -0.474 e. The topological polar surface area (TPSA) is 100 Å². The Morgan fingerprint density at radius 1 is 1.22 bits per heavy atom. The van der Waals surface area contributed by atoms with Crippen molar-refractivity contribution in [1.82, 2.24) is 15.0 Å². The summed E-state index contributed by atoms with van der Waals surface area (Å²) in [5.74, 6) is 0.605. The summed E-state index contributed by atoms with van der Waals surface area (Å²) in [7, 11) is 0. The number of hydrogen-bond acceptors (Lipinski definition) is 7. The fourth-order valence-electron chi connectivity index (χ4n) is 4.44. The number of alkyl halides is 3. The van der Waals surface area contributed by atoms with Crippen molar-refractivity contribution < 1.29 is 28.1 Å². The number of fused-ring (bicyclic) bond motifs is 1. The van der Waals surface area contributed by atoms with Crippen molar-refractivity contribution in [2.45, 2.75) is 94.7 Å². The number of aliphatic hydroxyl groups excluding tert-OH is 1. The second kappa shape index (κ2) is 8.62. The highest BCUT2D eigenvalue weighted by Gasteiger charge is 2.33. The van der Waals surface area contributed by atoms with Crippen molar-refractivity contribution in [3.05, 3.63) is 18.0 Å². The van der Waals surface area contributed by atoms with Gasteiger partial charge in [0.25, 0.3) is 0 Å². The summed E-state index contributed by atoms with van der Waals surface area (Å²) in [6.07, 6.45) is 1.33. The predicted molar refractivity (Wildman–Crippen MR) is 113 cm³/mol. The molecule has 2 aromatic heterocycles. The van der Waals surface area contributed by atoms with Gasteiger partial charge in [-0.1, -0.05) is 0 Å². The largest absolute Gasteiger partial charge is 0.474 e. The van der Waals surface area contributed by atoms with Gasteiger partial charge in [-0.05, 0) is 45.4 Å². The van der Waals surface area contributed by atoms with Crippen LogP contribution in [0.25, 0.3) is 10.9 Å². The summed E-state index contributed by atoms with van der Waals surface area (Å²) in [4.78, 5) is 13.3. The van der Waals surface area contributed by atoms with Gasteiger partial charge in [0.1, 0.15) is 6.10 Å². The molecule has 0 bridgehead atoms. The van der Waals surface area contributed by atoms with E-state index in [1.165, 1.54) is 13.1 Å². The van der Waals surface area contributed by atoms with Crippen molar-refractivity contribution in [3.63, 3.8) is 0 Å². The summed E-state index contributed by atoms with van der Waals surface area (Å²) in [6.45, 7) is 3.27. The number of nitrogens with zero attached hydrogens (tertiary/aromatic N) is 3. The molecule has 7 nitrogen and oxygen atoms in total. The Balaban J connectivity index is 1.64. The first-order valence-electron chi connectivity index (χ1n) is 11.0. The molecule has 2 fully saturated rings. The Kier molecular flexibility index (Phi) is 6.19. The number of ether oxygens (including phenoxy) is 1. The smallest absolute Gasteiger partial charge is 0.391 e. The molecule has 2 aromatic rings. The molecule has 0 unspecified atom stereocenters. The molecule has 1 atom stereocenters. The van der Waals surface area contributed by atoms with E-state index in [4.69, 9.17) is 4.74 Å². The molecule has 0 saturated heterocycles. The summed E-state index contributed by atoms with van der Waals surface area (Å²) >= 11 is 0. The highest BCUT2D eigenvalue weighted by Crippen LogP contribution is 2.41. The van der Waals surface area contributed by atoms with Crippen LogP contribution in [0.2, 0.25) is 0 Å². The third-order valence-electron chi connectivity index (χ3n) is 6.38. The lowest BCUT2D eigenvalue weighted by Gasteiger charge is -2.34. The van der Waals surface area contributed by atoms with E-state index >= 15 is 0 Å². The molecule has 0 aliphatic heterocycles. The number of rotatable bonds is 6. The van der Waals surface area contributed by atoms with Gasteiger partial charge in [0, 0.05) is 36.8 Å². The zero-order valence-electron chi connectivity index (χ0n) is 18.2. The molecule has 10 heteroatoms. The van der Waals surface area contributed by atoms with E-state index in [-0.39, 0.29) is 24.1 Å². The fraction of sp³-hybridized carbons (Fsp3) is 0.682. The lowest BCUT2D eigenvalue weighted by atomic mass is 9.77. The van der Waals surface area contributed by atoms with Crippen LogP contribution in [-0.2, 0) is 0 Å². The van der Waals surface area contributed by atoms with Crippen LogP contribution < -0.4 is 10.1 Å². The maximum absolute atomic E-state index is 12.7. The molecular weight excluding hydrogens is 425 g/mol. The molecule has 2 aliphatic carbocycles. The Labute approximate surface area is 184 Å². The maximum atomic E-state index is 12.7. The van der Waals surface area contributed by atoms with Gasteiger partial charge in [-0.15, -0.1) is 0 Å². The molecule has 3 N–H and O–H groups in total. The average Bonchev–Trinajstić information content (AvgIpc) is 2.65. The van der Waals surface area contributed by atoms with Crippen LogP contribution in [-0.4, -0.2) is 55.2 Å². The summed E-state index contributed by atoms with van der Waals surface area (Å²) in [5.41, 5.74) is 0.784. The quantitative estimate of drug-likeness (QED) is 0.605. The molecule has 0 amide bonds. The van der Waals surface area contributed by atoms with Crippen LogP contribution in [0.5, 0.6) is 5.88 Å². The van der Waals surface area contributed by atoms with E-state index in [2.05, 4.69) is 20.3 Å². The molecular formula is C22H29F3N4O3. The molecule has 176 valence electrons. The highest BCUT2D eigenvalue weighted by atomic mass is 19.4. The third-order valence-corrected chi connectivity index (χ3v) is 6.38. The predicted octanol–water partition coefficient (Wildman–Crippen LogP) is 4.09. The number of pyridine rings is 1.